The molecule has 2 aliphatic rings. The van der Waals surface area contributed by atoms with E-state index in [4.69, 9.17) is 9.47 Å². The molecule has 0 aliphatic carbocycles. The Balaban J connectivity index is 1.44. The fourth-order valence-corrected chi connectivity index (χ4v) is 4.16. The summed E-state index contributed by atoms with van der Waals surface area (Å²) in [6.07, 6.45) is -3.11. The molecular weight excluding hydrogens is 438 g/mol. The van der Waals surface area contributed by atoms with Crippen LogP contribution in [0.5, 0.6) is 23.0 Å². The van der Waals surface area contributed by atoms with Crippen molar-refractivity contribution in [1.29, 1.82) is 0 Å². The monoisotopic (exact) mass is 456 g/mol. The van der Waals surface area contributed by atoms with E-state index in [-0.39, 0.29) is 22.1 Å². The van der Waals surface area contributed by atoms with E-state index in [9.17, 15) is 22.0 Å². The van der Waals surface area contributed by atoms with Gasteiger partial charge in [-0.05, 0) is 31.2 Å². The number of carbonyl (C=O) groups is 1. The van der Waals surface area contributed by atoms with Crippen LogP contribution in [-0.2, 0) is 14.8 Å². The second-order valence-electron chi connectivity index (χ2n) is 6.82. The van der Waals surface area contributed by atoms with Gasteiger partial charge in [-0.3, -0.25) is 4.79 Å². The van der Waals surface area contributed by atoms with Gasteiger partial charge in [0.25, 0.3) is 0 Å². The first-order valence-corrected chi connectivity index (χ1v) is 10.7. The first-order valence-electron chi connectivity index (χ1n) is 9.26. The molecular formula is C19H18F2N2O7S. The van der Waals surface area contributed by atoms with E-state index in [1.54, 1.807) is 0 Å². The van der Waals surface area contributed by atoms with Crippen molar-refractivity contribution in [3.63, 3.8) is 0 Å². The van der Waals surface area contributed by atoms with Gasteiger partial charge in [-0.15, -0.1) is 8.78 Å². The van der Waals surface area contributed by atoms with Gasteiger partial charge in [-0.1, -0.05) is 0 Å². The maximum absolute atomic E-state index is 13.1. The van der Waals surface area contributed by atoms with Crippen LogP contribution in [0.25, 0.3) is 0 Å². The molecule has 2 aliphatic heterocycles. The first-order chi connectivity index (χ1) is 14.6. The number of nitrogens with one attached hydrogen (secondary N) is 2. The van der Waals surface area contributed by atoms with Gasteiger partial charge in [-0.2, -0.15) is 4.72 Å². The fourth-order valence-electron chi connectivity index (χ4n) is 2.94. The molecule has 0 fully saturated rings. The molecule has 0 unspecified atom stereocenters. The molecule has 31 heavy (non-hydrogen) atoms. The SMILES string of the molecule is C[C@H](NS(=O)(=O)c1ccc2c(c1)OCCCO2)C(=O)Nc1ccc2c(c1)OC(F)(F)O2. The van der Waals surface area contributed by atoms with Gasteiger partial charge in [0.05, 0.1) is 24.2 Å². The predicted octanol–water partition coefficient (Wildman–Crippen LogP) is 2.47. The molecule has 1 atom stereocenters. The summed E-state index contributed by atoms with van der Waals surface area (Å²) in [5, 5.41) is 2.44. The number of rotatable bonds is 5. The van der Waals surface area contributed by atoms with Gasteiger partial charge in [0, 0.05) is 24.2 Å². The summed E-state index contributed by atoms with van der Waals surface area (Å²) in [6, 6.07) is 6.67. The Kier molecular flexibility index (Phi) is 5.35. The summed E-state index contributed by atoms with van der Waals surface area (Å²) < 4.78 is 73.4. The quantitative estimate of drug-likeness (QED) is 0.711. The topological polar surface area (TPSA) is 112 Å². The average molecular weight is 456 g/mol. The molecule has 2 aromatic carbocycles. The van der Waals surface area contributed by atoms with Gasteiger partial charge in [0.2, 0.25) is 15.9 Å². The van der Waals surface area contributed by atoms with Crippen LogP contribution in [0.3, 0.4) is 0 Å². The molecule has 12 heteroatoms. The second-order valence-corrected chi connectivity index (χ2v) is 8.53. The number of hydrogen-bond donors (Lipinski definition) is 2. The molecule has 2 N–H and O–H groups in total. The van der Waals surface area contributed by atoms with Crippen molar-refractivity contribution in [1.82, 2.24) is 4.72 Å². The summed E-state index contributed by atoms with van der Waals surface area (Å²) in [4.78, 5) is 12.3. The number of benzene rings is 2. The van der Waals surface area contributed by atoms with Crippen LogP contribution in [0.4, 0.5) is 14.5 Å². The maximum atomic E-state index is 13.1. The van der Waals surface area contributed by atoms with Gasteiger partial charge < -0.3 is 24.3 Å². The minimum absolute atomic E-state index is 0.0956. The zero-order chi connectivity index (χ0) is 22.2. The molecule has 0 saturated carbocycles. The van der Waals surface area contributed by atoms with Crippen LogP contribution in [0.2, 0.25) is 0 Å². The third-order valence-corrected chi connectivity index (χ3v) is 5.96. The molecule has 166 valence electrons. The standard InChI is InChI=1S/C19H18F2N2O7S/c1-11(18(24)22-12-3-5-15-17(9-12)30-19(20,21)29-15)23-31(25,26)13-4-6-14-16(10-13)28-8-2-7-27-14/h3-6,9-11,23H,2,7-8H2,1H3,(H,22,24)/t11-/m0/s1. The summed E-state index contributed by atoms with van der Waals surface area (Å²) in [5.74, 6) is -0.386. The number of hydrogen-bond acceptors (Lipinski definition) is 7. The third-order valence-electron chi connectivity index (χ3n) is 4.42. The molecule has 9 nitrogen and oxygen atoms in total. The minimum atomic E-state index is -4.06. The minimum Gasteiger partial charge on any atom is -0.490 e. The van der Waals surface area contributed by atoms with Crippen LogP contribution < -0.4 is 29.0 Å². The Morgan fingerprint density at radius 2 is 1.68 bits per heavy atom. The lowest BCUT2D eigenvalue weighted by molar-refractivity contribution is -0.286. The molecule has 0 bridgehead atoms. The van der Waals surface area contributed by atoms with Gasteiger partial charge in [0.1, 0.15) is 0 Å². The predicted molar refractivity (Wildman–Crippen MR) is 103 cm³/mol. The van der Waals surface area contributed by atoms with E-state index in [1.807, 2.05) is 0 Å². The Morgan fingerprint density at radius 3 is 2.45 bits per heavy atom. The zero-order valence-corrected chi connectivity index (χ0v) is 17.0. The smallest absolute Gasteiger partial charge is 0.490 e. The third kappa shape index (κ3) is 4.64. The normalized spacial score (nSPS) is 17.5. The van der Waals surface area contributed by atoms with Crippen molar-refractivity contribution in [2.24, 2.45) is 0 Å². The van der Waals surface area contributed by atoms with Gasteiger partial charge in [-0.25, -0.2) is 8.42 Å². The molecule has 1 amide bonds. The van der Waals surface area contributed by atoms with E-state index >= 15 is 0 Å². The number of anilines is 1. The number of alkyl halides is 2. The number of halogens is 2. The Hall–Kier alpha value is -3.12. The lowest BCUT2D eigenvalue weighted by Gasteiger charge is -2.15. The van der Waals surface area contributed by atoms with Crippen LogP contribution in [0.1, 0.15) is 13.3 Å². The van der Waals surface area contributed by atoms with Gasteiger partial charge >= 0.3 is 6.29 Å². The lowest BCUT2D eigenvalue weighted by Crippen LogP contribution is -2.41. The van der Waals surface area contributed by atoms with Crippen molar-refractivity contribution < 1.29 is 40.9 Å². The number of carbonyl (C=O) groups excluding carboxylic acids is 1. The molecule has 0 radical (unpaired) electrons. The van der Waals surface area contributed by atoms with Gasteiger partial charge in [0.15, 0.2) is 23.0 Å². The van der Waals surface area contributed by atoms with E-state index in [0.29, 0.717) is 31.1 Å². The van der Waals surface area contributed by atoms with E-state index < -0.39 is 28.3 Å². The molecule has 0 saturated heterocycles. The lowest BCUT2D eigenvalue weighted by atomic mass is 10.2. The zero-order valence-electron chi connectivity index (χ0n) is 16.2. The van der Waals surface area contributed by atoms with E-state index in [0.717, 1.165) is 6.07 Å². The highest BCUT2D eigenvalue weighted by Gasteiger charge is 2.43. The second kappa shape index (κ2) is 7.85. The van der Waals surface area contributed by atoms with Crippen molar-refractivity contribution >= 4 is 21.6 Å². The van der Waals surface area contributed by atoms with Crippen LogP contribution in [0.15, 0.2) is 41.3 Å². The number of sulfonamides is 1. The molecule has 2 heterocycles. The Bertz CT molecular complexity index is 1120. The van der Waals surface area contributed by atoms with E-state index in [1.165, 1.54) is 37.3 Å². The van der Waals surface area contributed by atoms with Crippen LogP contribution in [0, 0.1) is 0 Å². The molecule has 0 spiro atoms. The summed E-state index contributed by atoms with van der Waals surface area (Å²) in [6.45, 7) is 2.20. The van der Waals surface area contributed by atoms with Crippen molar-refractivity contribution in [2.45, 2.75) is 30.6 Å². The van der Waals surface area contributed by atoms with Crippen molar-refractivity contribution in [3.05, 3.63) is 36.4 Å². The highest BCUT2D eigenvalue weighted by Crippen LogP contribution is 2.42. The average Bonchev–Trinajstić information content (AvgIpc) is 2.86. The summed E-state index contributed by atoms with van der Waals surface area (Å²) in [5.41, 5.74) is 0.131. The number of amides is 1. The molecule has 0 aromatic heterocycles. The van der Waals surface area contributed by atoms with E-state index in [2.05, 4.69) is 19.5 Å². The number of fused-ring (bicyclic) bond motifs is 2. The largest absolute Gasteiger partial charge is 0.586 e. The highest BCUT2D eigenvalue weighted by atomic mass is 32.2. The van der Waals surface area contributed by atoms with Crippen LogP contribution >= 0.6 is 0 Å². The molecule has 2 aromatic rings. The van der Waals surface area contributed by atoms with Crippen molar-refractivity contribution in [2.75, 3.05) is 18.5 Å². The highest BCUT2D eigenvalue weighted by molar-refractivity contribution is 7.89. The van der Waals surface area contributed by atoms with Crippen LogP contribution in [-0.4, -0.2) is 39.9 Å². The number of ether oxygens (including phenoxy) is 4. The fraction of sp³-hybridized carbons (Fsp3) is 0.316. The van der Waals surface area contributed by atoms with Crippen molar-refractivity contribution in [3.8, 4) is 23.0 Å². The molecule has 4 rings (SSSR count). The maximum Gasteiger partial charge on any atom is 0.586 e. The Labute approximate surface area is 176 Å². The summed E-state index contributed by atoms with van der Waals surface area (Å²) in [7, 11) is -4.06. The Morgan fingerprint density at radius 1 is 1.00 bits per heavy atom. The first kappa shape index (κ1) is 21.1. The summed E-state index contributed by atoms with van der Waals surface area (Å²) >= 11 is 0.